The minimum absolute atomic E-state index is 0.0559. The van der Waals surface area contributed by atoms with E-state index < -0.39 is 5.67 Å². The second-order valence-corrected chi connectivity index (χ2v) is 8.57. The third-order valence-electron chi connectivity index (χ3n) is 6.15. The highest BCUT2D eigenvalue weighted by Crippen LogP contribution is 2.43. The summed E-state index contributed by atoms with van der Waals surface area (Å²) in [4.78, 5) is 14.7. The van der Waals surface area contributed by atoms with Crippen LogP contribution in [0.4, 0.5) is 20.2 Å². The number of rotatable bonds is 5. The van der Waals surface area contributed by atoms with Crippen LogP contribution in [-0.2, 0) is 17.8 Å². The molecule has 1 N–H and O–H groups in total. The molecule has 4 rings (SSSR count). The third kappa shape index (κ3) is 4.44. The summed E-state index contributed by atoms with van der Waals surface area (Å²) in [6.45, 7) is 5.71. The van der Waals surface area contributed by atoms with Crippen LogP contribution in [0.5, 0.6) is 0 Å². The quantitative estimate of drug-likeness (QED) is 0.709. The second-order valence-electron chi connectivity index (χ2n) is 8.57. The van der Waals surface area contributed by atoms with Gasteiger partial charge in [0.15, 0.2) is 0 Å². The second kappa shape index (κ2) is 7.77. The molecule has 0 bridgehead atoms. The molecular formula is C24H28F2N2O. The first-order valence-electron chi connectivity index (χ1n) is 10.5. The van der Waals surface area contributed by atoms with Gasteiger partial charge in [0.1, 0.15) is 11.5 Å². The largest absolute Gasteiger partial charge is 0.367 e. The van der Waals surface area contributed by atoms with Crippen molar-refractivity contribution in [2.45, 2.75) is 64.6 Å². The van der Waals surface area contributed by atoms with Gasteiger partial charge < -0.3 is 10.2 Å². The number of carbonyl (C=O) groups excluding carboxylic acids is 1. The van der Waals surface area contributed by atoms with Gasteiger partial charge in [0.2, 0.25) is 5.91 Å². The zero-order valence-corrected chi connectivity index (χ0v) is 17.2. The molecule has 1 heterocycles. The molecule has 2 aromatic rings. The fourth-order valence-electron chi connectivity index (χ4n) is 4.28. The predicted octanol–water partition coefficient (Wildman–Crippen LogP) is 5.62. The van der Waals surface area contributed by atoms with Crippen LogP contribution in [0.1, 0.15) is 54.4 Å². The minimum Gasteiger partial charge on any atom is -0.367 e. The van der Waals surface area contributed by atoms with Gasteiger partial charge in [-0.3, -0.25) is 4.79 Å². The maximum Gasteiger partial charge on any atom is 0.227 e. The van der Waals surface area contributed by atoms with Crippen molar-refractivity contribution in [2.24, 2.45) is 0 Å². The lowest BCUT2D eigenvalue weighted by molar-refractivity contribution is -0.117. The van der Waals surface area contributed by atoms with Crippen LogP contribution < -0.4 is 10.2 Å². The number of fused-ring (bicyclic) bond motifs is 1. The SMILES string of the molecule is Cc1cc2c(c(C)c1NC(=O)CC1(F)CC1)CCCCN2Cc1ccc(F)cc1. The summed E-state index contributed by atoms with van der Waals surface area (Å²) < 4.78 is 27.2. The first-order chi connectivity index (χ1) is 13.8. The molecule has 5 heteroatoms. The molecule has 0 atom stereocenters. The van der Waals surface area contributed by atoms with E-state index in [9.17, 15) is 13.6 Å². The van der Waals surface area contributed by atoms with Gasteiger partial charge in [0.05, 0.1) is 6.42 Å². The molecule has 29 heavy (non-hydrogen) atoms. The van der Waals surface area contributed by atoms with Gasteiger partial charge in [0.25, 0.3) is 0 Å². The molecule has 154 valence electrons. The van der Waals surface area contributed by atoms with Crippen LogP contribution in [0, 0.1) is 19.7 Å². The van der Waals surface area contributed by atoms with Crippen LogP contribution >= 0.6 is 0 Å². The number of halogens is 2. The maximum absolute atomic E-state index is 14.0. The van der Waals surface area contributed by atoms with E-state index in [1.807, 2.05) is 26.0 Å². The van der Waals surface area contributed by atoms with E-state index in [1.165, 1.54) is 23.4 Å². The van der Waals surface area contributed by atoms with Crippen LogP contribution in [-0.4, -0.2) is 18.1 Å². The molecule has 3 nitrogen and oxygen atoms in total. The van der Waals surface area contributed by atoms with E-state index in [-0.39, 0.29) is 18.1 Å². The van der Waals surface area contributed by atoms with Gasteiger partial charge in [-0.05, 0) is 86.4 Å². The lowest BCUT2D eigenvalue weighted by Crippen LogP contribution is -2.24. The Morgan fingerprint density at radius 1 is 1.17 bits per heavy atom. The molecule has 0 aromatic heterocycles. The van der Waals surface area contributed by atoms with Crippen molar-refractivity contribution in [3.8, 4) is 0 Å². The number of amides is 1. The summed E-state index contributed by atoms with van der Waals surface area (Å²) in [6, 6.07) is 8.80. The highest BCUT2D eigenvalue weighted by molar-refractivity contribution is 5.94. The van der Waals surface area contributed by atoms with Gasteiger partial charge in [0, 0.05) is 24.5 Å². The zero-order valence-electron chi connectivity index (χ0n) is 17.2. The fourth-order valence-corrected chi connectivity index (χ4v) is 4.28. The first-order valence-corrected chi connectivity index (χ1v) is 10.5. The summed E-state index contributed by atoms with van der Waals surface area (Å²) >= 11 is 0. The van der Waals surface area contributed by atoms with Crippen LogP contribution in [0.3, 0.4) is 0 Å². The molecule has 0 spiro atoms. The molecule has 0 saturated heterocycles. The molecule has 0 radical (unpaired) electrons. The molecule has 1 aliphatic carbocycles. The molecule has 1 saturated carbocycles. The summed E-state index contributed by atoms with van der Waals surface area (Å²) in [7, 11) is 0. The minimum atomic E-state index is -1.29. The smallest absolute Gasteiger partial charge is 0.227 e. The number of hydrogen-bond donors (Lipinski definition) is 1. The monoisotopic (exact) mass is 398 g/mol. The zero-order chi connectivity index (χ0) is 20.6. The number of nitrogens with zero attached hydrogens (tertiary/aromatic N) is 1. The normalized spacial score (nSPS) is 17.4. The summed E-state index contributed by atoms with van der Waals surface area (Å²) in [5, 5.41) is 2.98. The first kappa shape index (κ1) is 19.9. The number of alkyl halides is 1. The fraction of sp³-hybridized carbons (Fsp3) is 0.458. The van der Waals surface area contributed by atoms with Gasteiger partial charge in [-0.25, -0.2) is 8.78 Å². The van der Waals surface area contributed by atoms with Crippen molar-refractivity contribution >= 4 is 17.3 Å². The Balaban J connectivity index is 1.61. The Morgan fingerprint density at radius 2 is 1.90 bits per heavy atom. The Bertz CT molecular complexity index is 919. The average molecular weight is 398 g/mol. The highest BCUT2D eigenvalue weighted by atomic mass is 19.1. The van der Waals surface area contributed by atoms with Crippen molar-refractivity contribution < 1.29 is 13.6 Å². The van der Waals surface area contributed by atoms with Crippen molar-refractivity contribution in [3.63, 3.8) is 0 Å². The van der Waals surface area contributed by atoms with Crippen LogP contribution in [0.2, 0.25) is 0 Å². The summed E-state index contributed by atoms with van der Waals surface area (Å²) in [5.41, 5.74) is 5.10. The number of benzene rings is 2. The molecule has 1 amide bonds. The van der Waals surface area contributed by atoms with E-state index in [0.29, 0.717) is 12.8 Å². The Kier molecular flexibility index (Phi) is 5.32. The maximum atomic E-state index is 14.0. The standard InChI is InChI=1S/C24H28F2N2O/c1-16-13-21-20(17(2)23(16)27-22(29)14-24(26)10-11-24)5-3-4-12-28(21)15-18-6-8-19(25)9-7-18/h6-9,13H,3-5,10-12,14-15H2,1-2H3,(H,27,29). The highest BCUT2D eigenvalue weighted by Gasteiger charge is 2.45. The Labute approximate surface area is 171 Å². The van der Waals surface area contributed by atoms with Crippen molar-refractivity contribution in [1.29, 1.82) is 0 Å². The van der Waals surface area contributed by atoms with E-state index in [0.717, 1.165) is 54.7 Å². The molecule has 2 aromatic carbocycles. The molecule has 0 unspecified atom stereocenters. The van der Waals surface area contributed by atoms with Gasteiger partial charge in [-0.1, -0.05) is 12.1 Å². The molecule has 1 fully saturated rings. The van der Waals surface area contributed by atoms with Crippen LogP contribution in [0.25, 0.3) is 0 Å². The summed E-state index contributed by atoms with van der Waals surface area (Å²) in [6.07, 6.45) is 4.04. The number of aryl methyl sites for hydroxylation is 1. The lowest BCUT2D eigenvalue weighted by Gasteiger charge is -2.28. The van der Waals surface area contributed by atoms with Crippen molar-refractivity contribution in [2.75, 3.05) is 16.8 Å². The van der Waals surface area contributed by atoms with E-state index in [1.54, 1.807) is 0 Å². The Morgan fingerprint density at radius 3 is 2.59 bits per heavy atom. The van der Waals surface area contributed by atoms with Crippen LogP contribution in [0.15, 0.2) is 30.3 Å². The lowest BCUT2D eigenvalue weighted by atomic mass is 9.96. The average Bonchev–Trinajstić information content (AvgIpc) is 3.43. The predicted molar refractivity (Wildman–Crippen MR) is 113 cm³/mol. The van der Waals surface area contributed by atoms with E-state index in [4.69, 9.17) is 0 Å². The number of carbonyl (C=O) groups is 1. The molecular weight excluding hydrogens is 370 g/mol. The number of hydrogen-bond acceptors (Lipinski definition) is 2. The van der Waals surface area contributed by atoms with Gasteiger partial charge >= 0.3 is 0 Å². The Hall–Kier alpha value is -2.43. The van der Waals surface area contributed by atoms with Gasteiger partial charge in [-0.15, -0.1) is 0 Å². The number of nitrogens with one attached hydrogen (secondary N) is 1. The topological polar surface area (TPSA) is 32.3 Å². The molecule has 2 aliphatic rings. The van der Waals surface area contributed by atoms with Gasteiger partial charge in [-0.2, -0.15) is 0 Å². The van der Waals surface area contributed by atoms with Crippen molar-refractivity contribution in [1.82, 2.24) is 0 Å². The van der Waals surface area contributed by atoms with E-state index in [2.05, 4.69) is 16.3 Å². The third-order valence-corrected chi connectivity index (χ3v) is 6.15. The van der Waals surface area contributed by atoms with E-state index >= 15 is 0 Å². The summed E-state index contributed by atoms with van der Waals surface area (Å²) in [5.74, 6) is -0.466. The molecule has 1 aliphatic heterocycles. The number of anilines is 2. The van der Waals surface area contributed by atoms with Crippen molar-refractivity contribution in [3.05, 3.63) is 58.4 Å².